The molecule has 0 saturated carbocycles. The highest BCUT2D eigenvalue weighted by Gasteiger charge is 2.51. The zero-order valence-electron chi connectivity index (χ0n) is 17.7. The number of amides is 2. The predicted molar refractivity (Wildman–Crippen MR) is 108 cm³/mol. The van der Waals surface area contributed by atoms with E-state index in [9.17, 15) is 22.8 Å². The van der Waals surface area contributed by atoms with Gasteiger partial charge in [-0.1, -0.05) is 6.07 Å². The number of halogens is 3. The number of aliphatic carboxylic acids is 1. The Morgan fingerprint density at radius 2 is 1.82 bits per heavy atom. The minimum atomic E-state index is -5.08. The zero-order chi connectivity index (χ0) is 24.2. The van der Waals surface area contributed by atoms with E-state index in [1.807, 2.05) is 30.0 Å². The van der Waals surface area contributed by atoms with Crippen LogP contribution >= 0.6 is 0 Å². The first-order valence-corrected chi connectivity index (χ1v) is 10.1. The lowest BCUT2D eigenvalue weighted by molar-refractivity contribution is -0.192. The number of alkyl halides is 3. The molecule has 1 atom stereocenters. The van der Waals surface area contributed by atoms with Crippen LogP contribution in [0.4, 0.5) is 13.2 Å². The van der Waals surface area contributed by atoms with Gasteiger partial charge in [0.25, 0.3) is 5.91 Å². The fraction of sp³-hybridized carbons (Fsp3) is 0.429. The van der Waals surface area contributed by atoms with E-state index < -0.39 is 17.6 Å². The molecule has 0 radical (unpaired) electrons. The Labute approximate surface area is 187 Å². The Kier molecular flexibility index (Phi) is 6.94. The largest absolute Gasteiger partial charge is 0.490 e. The molecule has 2 aliphatic heterocycles. The maximum absolute atomic E-state index is 13.0. The van der Waals surface area contributed by atoms with E-state index >= 15 is 0 Å². The van der Waals surface area contributed by atoms with E-state index in [0.29, 0.717) is 38.3 Å². The van der Waals surface area contributed by atoms with Gasteiger partial charge in [-0.05, 0) is 31.9 Å². The summed E-state index contributed by atoms with van der Waals surface area (Å²) >= 11 is 0. The van der Waals surface area contributed by atoms with Crippen molar-refractivity contribution < 1.29 is 32.7 Å². The normalized spacial score (nSPS) is 20.1. The molecule has 1 spiro atoms. The maximum Gasteiger partial charge on any atom is 0.490 e. The van der Waals surface area contributed by atoms with Gasteiger partial charge in [0, 0.05) is 32.0 Å². The lowest BCUT2D eigenvalue weighted by Crippen LogP contribution is -2.38. The van der Waals surface area contributed by atoms with Gasteiger partial charge in [-0.2, -0.15) is 13.2 Å². The third-order valence-electron chi connectivity index (χ3n) is 5.56. The molecule has 4 rings (SSSR count). The van der Waals surface area contributed by atoms with Crippen molar-refractivity contribution in [2.75, 3.05) is 19.6 Å². The number of rotatable bonds is 3. The molecule has 2 fully saturated rings. The van der Waals surface area contributed by atoms with Crippen LogP contribution in [0.5, 0.6) is 0 Å². The number of pyridine rings is 1. The molecule has 2 amide bonds. The number of carbonyl (C=O) groups excluding carboxylic acids is 2. The monoisotopic (exact) mass is 465 g/mol. The number of aromatic nitrogens is 3. The van der Waals surface area contributed by atoms with Crippen LogP contribution in [-0.2, 0) is 16.1 Å². The van der Waals surface area contributed by atoms with Crippen molar-refractivity contribution in [2.45, 2.75) is 32.5 Å². The number of hydrogen-bond acceptors (Lipinski definition) is 6. The summed E-state index contributed by atoms with van der Waals surface area (Å²) in [5.41, 5.74) is 1.54. The van der Waals surface area contributed by atoms with Gasteiger partial charge < -0.3 is 14.9 Å². The third-order valence-corrected chi connectivity index (χ3v) is 5.56. The lowest BCUT2D eigenvalue weighted by atomic mass is 9.85. The molecule has 176 valence electrons. The molecule has 12 heteroatoms. The number of hydrogen-bond donors (Lipinski definition) is 1. The molecule has 33 heavy (non-hydrogen) atoms. The van der Waals surface area contributed by atoms with Crippen LogP contribution in [0.3, 0.4) is 0 Å². The summed E-state index contributed by atoms with van der Waals surface area (Å²) in [6, 6.07) is 5.72. The molecule has 2 saturated heterocycles. The maximum atomic E-state index is 13.0. The third kappa shape index (κ3) is 5.62. The number of nitrogens with zero attached hydrogens (tertiary/aromatic N) is 5. The van der Waals surface area contributed by atoms with Crippen molar-refractivity contribution in [3.05, 3.63) is 53.9 Å². The van der Waals surface area contributed by atoms with E-state index in [1.165, 1.54) is 6.20 Å². The van der Waals surface area contributed by atoms with Crippen molar-refractivity contribution in [2.24, 2.45) is 5.41 Å². The van der Waals surface area contributed by atoms with Gasteiger partial charge in [0.15, 0.2) is 0 Å². The molecule has 9 nitrogen and oxygen atoms in total. The van der Waals surface area contributed by atoms with Crippen molar-refractivity contribution in [3.8, 4) is 0 Å². The fourth-order valence-electron chi connectivity index (χ4n) is 3.82. The van der Waals surface area contributed by atoms with E-state index in [2.05, 4.69) is 15.0 Å². The van der Waals surface area contributed by atoms with Crippen LogP contribution < -0.4 is 0 Å². The average Bonchev–Trinajstić information content (AvgIpc) is 3.34. The summed E-state index contributed by atoms with van der Waals surface area (Å²) in [7, 11) is 0. The van der Waals surface area contributed by atoms with Crippen LogP contribution in [0, 0.1) is 12.3 Å². The summed E-state index contributed by atoms with van der Waals surface area (Å²) in [6.45, 7) is 4.11. The molecule has 0 aromatic carbocycles. The molecule has 0 aliphatic carbocycles. The molecular weight excluding hydrogens is 443 g/mol. The number of carboxylic acid groups (broad SMARTS) is 1. The molecule has 0 bridgehead atoms. The molecule has 1 N–H and O–H groups in total. The lowest BCUT2D eigenvalue weighted by Gasteiger charge is -2.23. The highest BCUT2D eigenvalue weighted by atomic mass is 19.4. The van der Waals surface area contributed by atoms with Gasteiger partial charge in [0.1, 0.15) is 5.69 Å². The Hall–Kier alpha value is -3.57. The van der Waals surface area contributed by atoms with E-state index in [-0.39, 0.29) is 11.8 Å². The topological polar surface area (TPSA) is 117 Å². The Bertz CT molecular complexity index is 1020. The number of aryl methyl sites for hydroxylation is 1. The summed E-state index contributed by atoms with van der Waals surface area (Å²) in [4.78, 5) is 50.8. The molecule has 2 aliphatic rings. The molecule has 4 heterocycles. The van der Waals surface area contributed by atoms with Gasteiger partial charge in [0.2, 0.25) is 5.91 Å². The Balaban J connectivity index is 0.000000383. The van der Waals surface area contributed by atoms with Gasteiger partial charge in [-0.15, -0.1) is 0 Å². The minimum Gasteiger partial charge on any atom is -0.475 e. The number of carboxylic acids is 1. The second-order valence-electron chi connectivity index (χ2n) is 7.90. The minimum absolute atomic E-state index is 0.133. The number of carbonyl (C=O) groups is 3. The number of likely N-dealkylation sites (tertiary alicyclic amines) is 2. The first-order chi connectivity index (χ1) is 15.5. The smallest absolute Gasteiger partial charge is 0.475 e. The van der Waals surface area contributed by atoms with Gasteiger partial charge in [0.05, 0.1) is 29.5 Å². The van der Waals surface area contributed by atoms with Crippen LogP contribution in [0.15, 0.2) is 36.8 Å². The highest BCUT2D eigenvalue weighted by Crippen LogP contribution is 2.41. The first-order valence-electron chi connectivity index (χ1n) is 10.1. The van der Waals surface area contributed by atoms with Gasteiger partial charge in [-0.3, -0.25) is 19.6 Å². The van der Waals surface area contributed by atoms with E-state index in [0.717, 1.165) is 17.8 Å². The zero-order valence-corrected chi connectivity index (χ0v) is 17.7. The summed E-state index contributed by atoms with van der Waals surface area (Å²) in [5, 5.41) is 7.12. The van der Waals surface area contributed by atoms with E-state index in [4.69, 9.17) is 9.90 Å². The van der Waals surface area contributed by atoms with Gasteiger partial charge >= 0.3 is 12.1 Å². The van der Waals surface area contributed by atoms with Crippen molar-refractivity contribution in [3.63, 3.8) is 0 Å². The standard InChI is InChI=1S/C19H21N5O2.C2HF3O2/c1-14-10-22-16(11-21-14)17(25)24-9-6-19(13-24)5-8-23(18(19)26)12-15-4-2-3-7-20-15;3-2(4,5)1(6)7/h2-4,7,10-11H,5-6,8-9,12-13H2,1H3;(H,6,7). The van der Waals surface area contributed by atoms with Crippen molar-refractivity contribution >= 4 is 17.8 Å². The second kappa shape index (κ2) is 9.51. The molecule has 2 aromatic rings. The Morgan fingerprint density at radius 1 is 1.12 bits per heavy atom. The van der Waals surface area contributed by atoms with Gasteiger partial charge in [-0.25, -0.2) is 9.78 Å². The molecular formula is C21H22F3N5O4. The average molecular weight is 465 g/mol. The van der Waals surface area contributed by atoms with Crippen molar-refractivity contribution in [1.82, 2.24) is 24.8 Å². The van der Waals surface area contributed by atoms with Crippen molar-refractivity contribution in [1.29, 1.82) is 0 Å². The summed E-state index contributed by atoms with van der Waals surface area (Å²) < 4.78 is 31.7. The molecule has 2 aromatic heterocycles. The first kappa shape index (κ1) is 24.1. The fourth-order valence-corrected chi connectivity index (χ4v) is 3.82. The summed E-state index contributed by atoms with van der Waals surface area (Å²) in [5.74, 6) is -2.77. The highest BCUT2D eigenvalue weighted by molar-refractivity contribution is 5.94. The van der Waals surface area contributed by atoms with Crippen LogP contribution in [0.1, 0.15) is 34.7 Å². The van der Waals surface area contributed by atoms with Crippen LogP contribution in [0.25, 0.3) is 0 Å². The molecule has 1 unspecified atom stereocenters. The van der Waals surface area contributed by atoms with E-state index in [1.54, 1.807) is 17.3 Å². The van der Waals surface area contributed by atoms with Crippen LogP contribution in [-0.4, -0.2) is 73.5 Å². The SMILES string of the molecule is Cc1cnc(C(=O)N2CCC3(CCN(Cc4ccccn4)C3=O)C2)cn1.O=C(O)C(F)(F)F. The summed E-state index contributed by atoms with van der Waals surface area (Å²) in [6.07, 6.45) is 1.24. The predicted octanol–water partition coefficient (Wildman–Crippen LogP) is 2.08. The second-order valence-corrected chi connectivity index (χ2v) is 7.90. The van der Waals surface area contributed by atoms with Crippen LogP contribution in [0.2, 0.25) is 0 Å². The Morgan fingerprint density at radius 3 is 2.39 bits per heavy atom. The quantitative estimate of drug-likeness (QED) is 0.738.